The lowest BCUT2D eigenvalue weighted by Gasteiger charge is -2.11. The number of anilines is 1. The Labute approximate surface area is 123 Å². The number of aromatic nitrogens is 2. The fraction of sp³-hybridized carbons (Fsp3) is 0.231. The summed E-state index contributed by atoms with van der Waals surface area (Å²) in [5, 5.41) is 9.20. The van der Waals surface area contributed by atoms with Crippen molar-refractivity contribution in [2.75, 3.05) is 5.32 Å². The number of nitrogens with zero attached hydrogens (tertiary/aromatic N) is 1. The van der Waals surface area contributed by atoms with Crippen molar-refractivity contribution in [2.24, 2.45) is 0 Å². The first-order valence-electron chi connectivity index (χ1n) is 5.95. The van der Waals surface area contributed by atoms with E-state index in [4.69, 9.17) is 0 Å². The van der Waals surface area contributed by atoms with Crippen molar-refractivity contribution >= 4 is 23.4 Å². The topological polar surface area (TPSA) is 57.8 Å². The molecule has 0 fully saturated rings. The summed E-state index contributed by atoms with van der Waals surface area (Å²) in [6, 6.07) is 5.60. The second-order valence-electron chi connectivity index (χ2n) is 4.31. The van der Waals surface area contributed by atoms with Gasteiger partial charge in [-0.1, -0.05) is 12.1 Å². The summed E-state index contributed by atoms with van der Waals surface area (Å²) in [4.78, 5) is 12.1. The van der Waals surface area contributed by atoms with Gasteiger partial charge in [-0.2, -0.15) is 18.3 Å². The normalized spacial score (nSPS) is 11.5. The van der Waals surface area contributed by atoms with E-state index in [1.165, 1.54) is 24.3 Å². The quantitative estimate of drug-likeness (QED) is 0.845. The number of benzene rings is 1. The zero-order valence-corrected chi connectivity index (χ0v) is 12.0. The fourth-order valence-electron chi connectivity index (χ4n) is 1.78. The van der Waals surface area contributed by atoms with Crippen LogP contribution in [0.25, 0.3) is 0 Å². The molecule has 0 bridgehead atoms. The maximum Gasteiger partial charge on any atom is 0.446 e. The fourth-order valence-corrected chi connectivity index (χ4v) is 2.45. The first kappa shape index (κ1) is 15.4. The lowest BCUT2D eigenvalue weighted by Crippen LogP contribution is -2.15. The maximum absolute atomic E-state index is 12.5. The molecule has 0 radical (unpaired) electrons. The molecule has 8 heteroatoms. The molecule has 0 aliphatic rings. The average molecular weight is 315 g/mol. The highest BCUT2D eigenvalue weighted by Gasteiger charge is 2.31. The number of halogens is 3. The van der Waals surface area contributed by atoms with Gasteiger partial charge in [0, 0.05) is 4.90 Å². The summed E-state index contributed by atoms with van der Waals surface area (Å²) in [6.45, 7) is 3.40. The number of carbonyl (C=O) groups is 1. The minimum Gasteiger partial charge on any atom is -0.319 e. The van der Waals surface area contributed by atoms with Crippen LogP contribution in [-0.4, -0.2) is 21.6 Å². The molecule has 2 N–H and O–H groups in total. The number of hydrogen-bond acceptors (Lipinski definition) is 3. The number of aromatic amines is 1. The second-order valence-corrected chi connectivity index (χ2v) is 5.41. The number of carbonyl (C=O) groups excluding carboxylic acids is 1. The summed E-state index contributed by atoms with van der Waals surface area (Å²) < 4.78 is 37.5. The summed E-state index contributed by atoms with van der Waals surface area (Å²) in [5.74, 6) is -0.602. The smallest absolute Gasteiger partial charge is 0.319 e. The monoisotopic (exact) mass is 315 g/mol. The minimum atomic E-state index is -4.45. The van der Waals surface area contributed by atoms with Gasteiger partial charge >= 0.3 is 5.51 Å². The van der Waals surface area contributed by atoms with Gasteiger partial charge in [0.1, 0.15) is 0 Å². The summed E-state index contributed by atoms with van der Waals surface area (Å²) >= 11 is -0.308. The molecule has 2 aromatic rings. The van der Waals surface area contributed by atoms with Crippen LogP contribution in [0.15, 0.2) is 29.2 Å². The molecule has 1 aromatic heterocycles. The molecule has 0 aliphatic heterocycles. The van der Waals surface area contributed by atoms with Crippen LogP contribution in [0, 0.1) is 13.8 Å². The van der Waals surface area contributed by atoms with Gasteiger partial charge in [-0.3, -0.25) is 9.89 Å². The zero-order chi connectivity index (χ0) is 15.6. The third-order valence-electron chi connectivity index (χ3n) is 2.72. The molecule has 1 aromatic carbocycles. The van der Waals surface area contributed by atoms with Crippen LogP contribution in [-0.2, 0) is 0 Å². The SMILES string of the molecule is Cc1n[nH]c(C)c1NC(=O)c1ccccc1SC(F)(F)F. The van der Waals surface area contributed by atoms with E-state index in [2.05, 4.69) is 15.5 Å². The number of nitrogens with one attached hydrogen (secondary N) is 2. The van der Waals surface area contributed by atoms with Crippen LogP contribution in [0.1, 0.15) is 21.7 Å². The van der Waals surface area contributed by atoms with Crippen LogP contribution in [0.2, 0.25) is 0 Å². The second kappa shape index (κ2) is 5.80. The molecular weight excluding hydrogens is 303 g/mol. The molecule has 2 rings (SSSR count). The van der Waals surface area contributed by atoms with Crippen molar-refractivity contribution in [2.45, 2.75) is 24.3 Å². The van der Waals surface area contributed by atoms with E-state index in [0.29, 0.717) is 17.1 Å². The number of H-pyrrole nitrogens is 1. The van der Waals surface area contributed by atoms with Crippen LogP contribution >= 0.6 is 11.8 Å². The standard InChI is InChI=1S/C13H12F3N3OS/c1-7-11(8(2)19-18-7)17-12(20)9-5-3-4-6-10(9)21-13(14,15)16/h3-6H,1-2H3,(H,17,20)(H,18,19). The molecule has 0 atom stereocenters. The number of alkyl halides is 3. The molecule has 1 amide bonds. The van der Waals surface area contributed by atoms with E-state index in [0.717, 1.165) is 0 Å². The van der Waals surface area contributed by atoms with Crippen molar-refractivity contribution in [1.82, 2.24) is 10.2 Å². The van der Waals surface area contributed by atoms with Crippen molar-refractivity contribution in [1.29, 1.82) is 0 Å². The van der Waals surface area contributed by atoms with E-state index < -0.39 is 11.4 Å². The molecule has 0 aliphatic carbocycles. The Bertz CT molecular complexity index is 647. The van der Waals surface area contributed by atoms with E-state index in [1.807, 2.05) is 0 Å². The van der Waals surface area contributed by atoms with Crippen molar-refractivity contribution in [3.05, 3.63) is 41.2 Å². The highest BCUT2D eigenvalue weighted by Crippen LogP contribution is 2.38. The molecule has 0 unspecified atom stereocenters. The zero-order valence-electron chi connectivity index (χ0n) is 11.2. The Morgan fingerprint density at radius 2 is 1.95 bits per heavy atom. The highest BCUT2D eigenvalue weighted by molar-refractivity contribution is 8.00. The van der Waals surface area contributed by atoms with E-state index >= 15 is 0 Å². The third kappa shape index (κ3) is 3.78. The van der Waals surface area contributed by atoms with Crippen molar-refractivity contribution < 1.29 is 18.0 Å². The Hall–Kier alpha value is -1.96. The number of amides is 1. The van der Waals surface area contributed by atoms with Gasteiger partial charge < -0.3 is 5.32 Å². The van der Waals surface area contributed by atoms with Crippen LogP contribution in [0.5, 0.6) is 0 Å². The van der Waals surface area contributed by atoms with E-state index in [9.17, 15) is 18.0 Å². The van der Waals surface area contributed by atoms with Crippen LogP contribution in [0.4, 0.5) is 18.9 Å². The maximum atomic E-state index is 12.5. The molecule has 0 spiro atoms. The third-order valence-corrected chi connectivity index (χ3v) is 3.53. The number of hydrogen-bond donors (Lipinski definition) is 2. The molecule has 1 heterocycles. The van der Waals surface area contributed by atoms with Gasteiger partial charge in [-0.05, 0) is 37.7 Å². The minimum absolute atomic E-state index is 0.0279. The number of rotatable bonds is 3. The molecule has 0 saturated carbocycles. The Kier molecular flexibility index (Phi) is 4.26. The van der Waals surface area contributed by atoms with Crippen LogP contribution < -0.4 is 5.32 Å². The Balaban J connectivity index is 2.28. The predicted molar refractivity (Wildman–Crippen MR) is 74.4 cm³/mol. The predicted octanol–water partition coefficient (Wildman–Crippen LogP) is 3.89. The van der Waals surface area contributed by atoms with Crippen LogP contribution in [0.3, 0.4) is 0 Å². The van der Waals surface area contributed by atoms with Gasteiger partial charge in [0.05, 0.1) is 22.6 Å². The van der Waals surface area contributed by atoms with Gasteiger partial charge in [0.25, 0.3) is 5.91 Å². The molecule has 4 nitrogen and oxygen atoms in total. The average Bonchev–Trinajstić information content (AvgIpc) is 2.69. The summed E-state index contributed by atoms with van der Waals surface area (Å²) in [7, 11) is 0. The molecule has 0 saturated heterocycles. The molecule has 112 valence electrons. The first-order chi connectivity index (χ1) is 9.78. The Morgan fingerprint density at radius 1 is 1.29 bits per heavy atom. The van der Waals surface area contributed by atoms with E-state index in [-0.39, 0.29) is 22.2 Å². The lowest BCUT2D eigenvalue weighted by atomic mass is 10.2. The highest BCUT2D eigenvalue weighted by atomic mass is 32.2. The van der Waals surface area contributed by atoms with Gasteiger partial charge in [-0.15, -0.1) is 0 Å². The summed E-state index contributed by atoms with van der Waals surface area (Å²) in [6.07, 6.45) is 0. The van der Waals surface area contributed by atoms with Gasteiger partial charge in [0.2, 0.25) is 0 Å². The number of thioether (sulfide) groups is 1. The number of aryl methyl sites for hydroxylation is 2. The van der Waals surface area contributed by atoms with Crippen molar-refractivity contribution in [3.8, 4) is 0 Å². The largest absolute Gasteiger partial charge is 0.446 e. The van der Waals surface area contributed by atoms with Gasteiger partial charge in [0.15, 0.2) is 0 Å². The molecule has 21 heavy (non-hydrogen) atoms. The molecular formula is C13H12F3N3OS. The Morgan fingerprint density at radius 3 is 2.52 bits per heavy atom. The summed E-state index contributed by atoms with van der Waals surface area (Å²) in [5.41, 5.74) is -2.78. The lowest BCUT2D eigenvalue weighted by molar-refractivity contribution is -0.0328. The van der Waals surface area contributed by atoms with E-state index in [1.54, 1.807) is 13.8 Å². The van der Waals surface area contributed by atoms with Gasteiger partial charge in [-0.25, -0.2) is 0 Å². The van der Waals surface area contributed by atoms with Crippen molar-refractivity contribution in [3.63, 3.8) is 0 Å². The first-order valence-corrected chi connectivity index (χ1v) is 6.77.